The Labute approximate surface area is 209 Å². The summed E-state index contributed by atoms with van der Waals surface area (Å²) in [6, 6.07) is 4.23. The lowest BCUT2D eigenvalue weighted by atomic mass is 9.98. The SMILES string of the molecule is CCNC(=NCc1ccc(N2CCN(CC)CC2)nc1)N1CCC[C@H](C(=O)OCC)C1.I. The molecule has 2 aliphatic heterocycles. The molecule has 0 saturated carbocycles. The maximum atomic E-state index is 12.2. The van der Waals surface area contributed by atoms with E-state index in [-0.39, 0.29) is 35.9 Å². The van der Waals surface area contributed by atoms with Crippen molar-refractivity contribution in [3.05, 3.63) is 23.9 Å². The minimum absolute atomic E-state index is 0. The van der Waals surface area contributed by atoms with Crippen LogP contribution in [0.25, 0.3) is 0 Å². The molecule has 3 heterocycles. The molecule has 1 atom stereocenters. The van der Waals surface area contributed by atoms with Crippen molar-refractivity contribution >= 4 is 41.7 Å². The summed E-state index contributed by atoms with van der Waals surface area (Å²) < 4.78 is 5.23. The van der Waals surface area contributed by atoms with Crippen LogP contribution in [0.2, 0.25) is 0 Å². The van der Waals surface area contributed by atoms with Crippen molar-refractivity contribution in [2.24, 2.45) is 10.9 Å². The average Bonchev–Trinajstić information content (AvgIpc) is 2.82. The Balaban J connectivity index is 0.00000363. The summed E-state index contributed by atoms with van der Waals surface area (Å²) in [6.07, 6.45) is 3.79. The number of esters is 1. The van der Waals surface area contributed by atoms with Crippen LogP contribution in [0.3, 0.4) is 0 Å². The minimum atomic E-state index is -0.0948. The molecule has 8 nitrogen and oxygen atoms in total. The first-order valence-electron chi connectivity index (χ1n) is 11.8. The van der Waals surface area contributed by atoms with Crippen LogP contribution in [0.5, 0.6) is 0 Å². The molecule has 0 radical (unpaired) electrons. The smallest absolute Gasteiger partial charge is 0.310 e. The second kappa shape index (κ2) is 13.8. The van der Waals surface area contributed by atoms with E-state index in [2.05, 4.69) is 51.0 Å². The number of ether oxygens (including phenoxy) is 1. The molecule has 180 valence electrons. The van der Waals surface area contributed by atoms with E-state index in [1.54, 1.807) is 0 Å². The highest BCUT2D eigenvalue weighted by molar-refractivity contribution is 14.0. The van der Waals surface area contributed by atoms with E-state index in [0.29, 0.717) is 19.7 Å². The van der Waals surface area contributed by atoms with Gasteiger partial charge in [-0.2, -0.15) is 0 Å². The summed E-state index contributed by atoms with van der Waals surface area (Å²) >= 11 is 0. The van der Waals surface area contributed by atoms with E-state index in [1.165, 1.54) is 0 Å². The third-order valence-electron chi connectivity index (χ3n) is 6.04. The highest BCUT2D eigenvalue weighted by atomic mass is 127. The van der Waals surface area contributed by atoms with Crippen LogP contribution in [0.4, 0.5) is 5.82 Å². The van der Waals surface area contributed by atoms with Gasteiger partial charge in [-0.15, -0.1) is 24.0 Å². The van der Waals surface area contributed by atoms with Crippen molar-refractivity contribution in [3.8, 4) is 0 Å². The highest BCUT2D eigenvalue weighted by Crippen LogP contribution is 2.19. The van der Waals surface area contributed by atoms with E-state index in [4.69, 9.17) is 9.73 Å². The van der Waals surface area contributed by atoms with Gasteiger partial charge in [0.15, 0.2) is 5.96 Å². The average molecular weight is 559 g/mol. The quantitative estimate of drug-likeness (QED) is 0.239. The fourth-order valence-electron chi connectivity index (χ4n) is 4.20. The summed E-state index contributed by atoms with van der Waals surface area (Å²) in [6.45, 7) is 14.9. The van der Waals surface area contributed by atoms with Gasteiger partial charge in [-0.25, -0.2) is 9.98 Å². The Morgan fingerprint density at radius 3 is 2.59 bits per heavy atom. The molecule has 2 fully saturated rings. The molecule has 1 N–H and O–H groups in total. The Hall–Kier alpha value is -1.62. The lowest BCUT2D eigenvalue weighted by Crippen LogP contribution is -2.48. The van der Waals surface area contributed by atoms with Crippen LogP contribution in [0.15, 0.2) is 23.3 Å². The Morgan fingerprint density at radius 1 is 1.19 bits per heavy atom. The van der Waals surface area contributed by atoms with Gasteiger partial charge < -0.3 is 24.8 Å². The minimum Gasteiger partial charge on any atom is -0.466 e. The van der Waals surface area contributed by atoms with E-state index in [0.717, 1.165) is 76.0 Å². The number of rotatable bonds is 7. The van der Waals surface area contributed by atoms with Crippen LogP contribution < -0.4 is 10.2 Å². The number of piperidine rings is 1. The fraction of sp³-hybridized carbons (Fsp3) is 0.696. The Kier molecular flexibility index (Phi) is 11.5. The molecule has 2 aliphatic rings. The molecule has 0 aliphatic carbocycles. The van der Waals surface area contributed by atoms with Gasteiger partial charge in [0.25, 0.3) is 0 Å². The maximum absolute atomic E-state index is 12.2. The lowest BCUT2D eigenvalue weighted by Gasteiger charge is -2.34. The van der Waals surface area contributed by atoms with Gasteiger partial charge in [0.1, 0.15) is 5.82 Å². The van der Waals surface area contributed by atoms with Gasteiger partial charge in [0.2, 0.25) is 0 Å². The second-order valence-electron chi connectivity index (χ2n) is 8.15. The number of guanidine groups is 1. The molecule has 0 amide bonds. The highest BCUT2D eigenvalue weighted by Gasteiger charge is 2.28. The number of hydrogen-bond donors (Lipinski definition) is 1. The molecule has 0 spiro atoms. The van der Waals surface area contributed by atoms with Gasteiger partial charge in [0, 0.05) is 52.0 Å². The number of likely N-dealkylation sites (tertiary alicyclic amines) is 1. The molecule has 0 aromatic carbocycles. The Bertz CT molecular complexity index is 722. The van der Waals surface area contributed by atoms with Gasteiger partial charge in [-0.1, -0.05) is 13.0 Å². The van der Waals surface area contributed by atoms with Crippen molar-refractivity contribution < 1.29 is 9.53 Å². The summed E-state index contributed by atoms with van der Waals surface area (Å²) in [5.74, 6) is 1.73. The number of likely N-dealkylation sites (N-methyl/N-ethyl adjacent to an activating group) is 1. The summed E-state index contributed by atoms with van der Waals surface area (Å²) in [5, 5.41) is 3.38. The molecule has 1 aromatic heterocycles. The number of anilines is 1. The van der Waals surface area contributed by atoms with Gasteiger partial charge >= 0.3 is 5.97 Å². The molecular weight excluding hydrogens is 519 g/mol. The number of aliphatic imine (C=N–C) groups is 1. The predicted molar refractivity (Wildman–Crippen MR) is 140 cm³/mol. The number of carbonyl (C=O) groups excluding carboxylic acids is 1. The Morgan fingerprint density at radius 2 is 1.97 bits per heavy atom. The molecule has 3 rings (SSSR count). The van der Waals surface area contributed by atoms with Gasteiger partial charge in [0.05, 0.1) is 19.1 Å². The van der Waals surface area contributed by atoms with Crippen LogP contribution in [-0.4, -0.2) is 85.7 Å². The van der Waals surface area contributed by atoms with Gasteiger partial charge in [-0.3, -0.25) is 4.79 Å². The first-order chi connectivity index (χ1) is 15.1. The molecule has 32 heavy (non-hydrogen) atoms. The zero-order valence-electron chi connectivity index (χ0n) is 19.8. The normalized spacial score (nSPS) is 20.0. The van der Waals surface area contributed by atoms with Crippen molar-refractivity contribution in [1.82, 2.24) is 20.1 Å². The zero-order chi connectivity index (χ0) is 22.1. The number of pyridine rings is 1. The van der Waals surface area contributed by atoms with E-state index < -0.39 is 0 Å². The van der Waals surface area contributed by atoms with E-state index in [9.17, 15) is 4.79 Å². The topological polar surface area (TPSA) is 73.3 Å². The van der Waals surface area contributed by atoms with Crippen molar-refractivity contribution in [1.29, 1.82) is 0 Å². The molecule has 1 aromatic rings. The zero-order valence-corrected chi connectivity index (χ0v) is 22.1. The number of hydrogen-bond acceptors (Lipinski definition) is 6. The first kappa shape index (κ1) is 26.6. The maximum Gasteiger partial charge on any atom is 0.310 e. The van der Waals surface area contributed by atoms with Crippen molar-refractivity contribution in [2.45, 2.75) is 40.2 Å². The van der Waals surface area contributed by atoms with Crippen LogP contribution in [0.1, 0.15) is 39.2 Å². The standard InChI is InChI=1S/C23H38N6O2.HI/c1-4-24-23(29-11-7-8-20(18-29)22(30)31-6-3)26-17-19-9-10-21(25-16-19)28-14-12-27(5-2)13-15-28;/h9-10,16,20H,4-8,11-15,17-18H2,1-3H3,(H,24,26);1H/t20-;/m0./s1. The van der Waals surface area contributed by atoms with Crippen LogP contribution in [0, 0.1) is 5.92 Å². The largest absolute Gasteiger partial charge is 0.466 e. The predicted octanol–water partition coefficient (Wildman–Crippen LogP) is 2.58. The van der Waals surface area contributed by atoms with Crippen LogP contribution >= 0.6 is 24.0 Å². The molecule has 9 heteroatoms. The number of aromatic nitrogens is 1. The molecular formula is C23H39IN6O2. The number of halogens is 1. The number of nitrogens with one attached hydrogen (secondary N) is 1. The summed E-state index contributed by atoms with van der Waals surface area (Å²) in [7, 11) is 0. The summed E-state index contributed by atoms with van der Waals surface area (Å²) in [4.78, 5) is 28.7. The number of carbonyl (C=O) groups is 1. The molecule has 0 unspecified atom stereocenters. The third-order valence-corrected chi connectivity index (χ3v) is 6.04. The first-order valence-corrected chi connectivity index (χ1v) is 11.8. The van der Waals surface area contributed by atoms with E-state index in [1.807, 2.05) is 13.1 Å². The van der Waals surface area contributed by atoms with Crippen molar-refractivity contribution in [2.75, 3.05) is 63.9 Å². The van der Waals surface area contributed by atoms with Crippen LogP contribution in [-0.2, 0) is 16.1 Å². The summed E-state index contributed by atoms with van der Waals surface area (Å²) in [5.41, 5.74) is 1.09. The molecule has 2 saturated heterocycles. The molecule has 0 bridgehead atoms. The lowest BCUT2D eigenvalue weighted by molar-refractivity contribution is -0.149. The number of nitrogens with zero attached hydrogens (tertiary/aromatic N) is 5. The monoisotopic (exact) mass is 558 g/mol. The fourth-order valence-corrected chi connectivity index (χ4v) is 4.20. The second-order valence-corrected chi connectivity index (χ2v) is 8.15. The van der Waals surface area contributed by atoms with E-state index >= 15 is 0 Å². The van der Waals surface area contributed by atoms with Crippen molar-refractivity contribution in [3.63, 3.8) is 0 Å². The number of piperazine rings is 1. The third kappa shape index (κ3) is 7.47. The van der Waals surface area contributed by atoms with Gasteiger partial charge in [-0.05, 0) is 44.9 Å².